The summed E-state index contributed by atoms with van der Waals surface area (Å²) >= 11 is 5.50. The third-order valence-electron chi connectivity index (χ3n) is 5.09. The molecule has 4 saturated carbocycles. The second-order valence-electron chi connectivity index (χ2n) is 6.76. The zero-order chi connectivity index (χ0) is 14.0. The molecule has 0 aromatic carbocycles. The van der Waals surface area contributed by atoms with E-state index in [2.05, 4.69) is 5.32 Å². The maximum Gasteiger partial charge on any atom is 0.407 e. The molecule has 0 aromatic heterocycles. The fourth-order valence-electron chi connectivity index (χ4n) is 4.87. The lowest BCUT2D eigenvalue weighted by Crippen LogP contribution is -2.59. The van der Waals surface area contributed by atoms with Crippen molar-refractivity contribution in [1.29, 1.82) is 0 Å². The second-order valence-corrected chi connectivity index (χ2v) is 7.14. The first-order valence-electron chi connectivity index (χ1n) is 7.78. The third kappa shape index (κ3) is 3.22. The van der Waals surface area contributed by atoms with Gasteiger partial charge in [0.05, 0.1) is 13.2 Å². The van der Waals surface area contributed by atoms with Gasteiger partial charge >= 0.3 is 6.09 Å². The molecule has 0 aliphatic heterocycles. The van der Waals surface area contributed by atoms with Crippen LogP contribution in [0.3, 0.4) is 0 Å². The van der Waals surface area contributed by atoms with Crippen LogP contribution in [0.5, 0.6) is 0 Å². The molecule has 4 rings (SSSR count). The Balaban J connectivity index is 1.44. The van der Waals surface area contributed by atoms with Crippen LogP contribution in [0.15, 0.2) is 0 Å². The largest absolute Gasteiger partial charge is 0.447 e. The number of nitrogens with one attached hydrogen (secondary N) is 1. The van der Waals surface area contributed by atoms with E-state index >= 15 is 0 Å². The van der Waals surface area contributed by atoms with Gasteiger partial charge in [0.2, 0.25) is 0 Å². The Bertz CT molecular complexity index is 326. The minimum atomic E-state index is -0.276. The number of carbonyl (C=O) groups is 1. The lowest BCUT2D eigenvalue weighted by atomic mass is 9.53. The molecule has 4 aliphatic rings. The summed E-state index contributed by atoms with van der Waals surface area (Å²) in [6.07, 6.45) is 7.30. The number of rotatable bonds is 6. The summed E-state index contributed by atoms with van der Waals surface area (Å²) in [5.41, 5.74) is 0.0306. The molecule has 4 fully saturated rings. The van der Waals surface area contributed by atoms with E-state index in [0.717, 1.165) is 37.0 Å². The minimum absolute atomic E-state index is 0.0306. The van der Waals surface area contributed by atoms with Crippen LogP contribution in [0, 0.1) is 17.8 Å². The van der Waals surface area contributed by atoms with Crippen LogP contribution in [-0.4, -0.2) is 37.3 Å². The van der Waals surface area contributed by atoms with Crippen molar-refractivity contribution < 1.29 is 14.3 Å². The summed E-state index contributed by atoms with van der Waals surface area (Å²) in [5, 5.41) is 3.17. The van der Waals surface area contributed by atoms with Gasteiger partial charge in [0.1, 0.15) is 6.61 Å². The first-order chi connectivity index (χ1) is 9.69. The van der Waals surface area contributed by atoms with Gasteiger partial charge in [-0.15, -0.1) is 11.6 Å². The quantitative estimate of drug-likeness (QED) is 0.606. The summed E-state index contributed by atoms with van der Waals surface area (Å²) in [6, 6.07) is 0. The summed E-state index contributed by atoms with van der Waals surface area (Å²) in [7, 11) is 0. The number of hydrogen-bond donors (Lipinski definition) is 1. The molecule has 114 valence electrons. The van der Waals surface area contributed by atoms with Gasteiger partial charge in [-0.1, -0.05) is 0 Å². The summed E-state index contributed by atoms with van der Waals surface area (Å²) < 4.78 is 10.4. The van der Waals surface area contributed by atoms with Crippen LogP contribution in [-0.2, 0) is 9.47 Å². The van der Waals surface area contributed by atoms with E-state index in [0.29, 0.717) is 25.7 Å². The van der Waals surface area contributed by atoms with Crippen LogP contribution < -0.4 is 5.32 Å². The fourth-order valence-corrected chi connectivity index (χ4v) is 4.98. The van der Waals surface area contributed by atoms with Crippen molar-refractivity contribution in [1.82, 2.24) is 5.32 Å². The lowest BCUT2D eigenvalue weighted by Gasteiger charge is -2.56. The Morgan fingerprint density at radius 2 is 1.65 bits per heavy atom. The first-order valence-corrected chi connectivity index (χ1v) is 8.31. The standard InChI is InChI=1S/C15H24ClNO3/c16-1-2-19-3-4-20-14(18)17-15-8-11-5-12(9-15)7-13(6-11)10-15/h11-13H,1-10H2,(H,17,18). The Morgan fingerprint density at radius 3 is 2.20 bits per heavy atom. The van der Waals surface area contributed by atoms with Gasteiger partial charge in [0, 0.05) is 11.4 Å². The Labute approximate surface area is 125 Å². The number of carbonyl (C=O) groups excluding carboxylic acids is 1. The molecule has 0 aromatic rings. The molecule has 5 heteroatoms. The molecule has 20 heavy (non-hydrogen) atoms. The molecule has 0 saturated heterocycles. The van der Waals surface area contributed by atoms with Crippen LogP contribution in [0.2, 0.25) is 0 Å². The van der Waals surface area contributed by atoms with E-state index in [1.54, 1.807) is 0 Å². The second kappa shape index (κ2) is 6.10. The normalized spacial score (nSPS) is 38.0. The maximum absolute atomic E-state index is 11.9. The smallest absolute Gasteiger partial charge is 0.407 e. The van der Waals surface area contributed by atoms with E-state index in [1.165, 1.54) is 19.3 Å². The van der Waals surface area contributed by atoms with Gasteiger partial charge in [-0.3, -0.25) is 0 Å². The lowest BCUT2D eigenvalue weighted by molar-refractivity contribution is -0.0205. The molecule has 0 heterocycles. The summed E-state index contributed by atoms with van der Waals surface area (Å²) in [5.74, 6) is 2.95. The van der Waals surface area contributed by atoms with E-state index < -0.39 is 0 Å². The maximum atomic E-state index is 11.9. The fraction of sp³-hybridized carbons (Fsp3) is 0.933. The zero-order valence-electron chi connectivity index (χ0n) is 11.9. The molecule has 1 amide bonds. The van der Waals surface area contributed by atoms with Crippen LogP contribution in [0.4, 0.5) is 4.79 Å². The average Bonchev–Trinajstić information content (AvgIpc) is 2.36. The molecule has 0 atom stereocenters. The van der Waals surface area contributed by atoms with Gasteiger partial charge in [0.15, 0.2) is 0 Å². The van der Waals surface area contributed by atoms with Crippen molar-refractivity contribution in [2.75, 3.05) is 25.7 Å². The Hall–Kier alpha value is -0.480. The van der Waals surface area contributed by atoms with Crippen molar-refractivity contribution in [3.05, 3.63) is 0 Å². The third-order valence-corrected chi connectivity index (χ3v) is 5.24. The molecule has 1 N–H and O–H groups in total. The molecule has 4 nitrogen and oxygen atoms in total. The van der Waals surface area contributed by atoms with Gasteiger partial charge < -0.3 is 14.8 Å². The molecular weight excluding hydrogens is 278 g/mol. The van der Waals surface area contributed by atoms with Gasteiger partial charge in [-0.05, 0) is 56.3 Å². The monoisotopic (exact) mass is 301 g/mol. The van der Waals surface area contributed by atoms with Crippen molar-refractivity contribution in [2.45, 2.75) is 44.1 Å². The van der Waals surface area contributed by atoms with Crippen molar-refractivity contribution in [2.24, 2.45) is 17.8 Å². The van der Waals surface area contributed by atoms with Gasteiger partial charge in [-0.2, -0.15) is 0 Å². The van der Waals surface area contributed by atoms with Crippen molar-refractivity contribution >= 4 is 17.7 Å². The van der Waals surface area contributed by atoms with Crippen molar-refractivity contribution in [3.63, 3.8) is 0 Å². The molecule has 0 spiro atoms. The number of halogens is 1. The first kappa shape index (κ1) is 14.5. The van der Waals surface area contributed by atoms with Crippen LogP contribution >= 0.6 is 11.6 Å². The molecule has 4 bridgehead atoms. The van der Waals surface area contributed by atoms with E-state index in [9.17, 15) is 4.79 Å². The van der Waals surface area contributed by atoms with Gasteiger partial charge in [0.25, 0.3) is 0 Å². The molecule has 0 radical (unpaired) electrons. The van der Waals surface area contributed by atoms with E-state index in [4.69, 9.17) is 21.1 Å². The Kier molecular flexibility index (Phi) is 4.41. The van der Waals surface area contributed by atoms with Crippen LogP contribution in [0.1, 0.15) is 38.5 Å². The summed E-state index contributed by atoms with van der Waals surface area (Å²) in [4.78, 5) is 11.9. The number of alkyl halides is 1. The average molecular weight is 302 g/mol. The highest BCUT2D eigenvalue weighted by atomic mass is 35.5. The van der Waals surface area contributed by atoms with Crippen LogP contribution in [0.25, 0.3) is 0 Å². The number of alkyl carbamates (subject to hydrolysis) is 1. The SMILES string of the molecule is O=C(NC12CC3CC(CC(C3)C1)C2)OCCOCCCl. The number of ether oxygens (including phenoxy) is 2. The predicted molar refractivity (Wildman–Crippen MR) is 76.9 cm³/mol. The minimum Gasteiger partial charge on any atom is -0.447 e. The predicted octanol–water partition coefficient (Wildman–Crippen LogP) is 2.94. The highest BCUT2D eigenvalue weighted by molar-refractivity contribution is 6.17. The zero-order valence-corrected chi connectivity index (χ0v) is 12.7. The molecule has 4 aliphatic carbocycles. The number of amides is 1. The summed E-state index contributed by atoms with van der Waals surface area (Å²) in [6.45, 7) is 1.22. The Morgan fingerprint density at radius 1 is 1.05 bits per heavy atom. The van der Waals surface area contributed by atoms with E-state index in [1.807, 2.05) is 0 Å². The van der Waals surface area contributed by atoms with Gasteiger partial charge in [-0.25, -0.2) is 4.79 Å². The molecule has 0 unspecified atom stereocenters. The van der Waals surface area contributed by atoms with E-state index in [-0.39, 0.29) is 11.6 Å². The number of hydrogen-bond acceptors (Lipinski definition) is 3. The topological polar surface area (TPSA) is 47.6 Å². The molecular formula is C15H24ClNO3. The van der Waals surface area contributed by atoms with Crippen molar-refractivity contribution in [3.8, 4) is 0 Å². The highest BCUT2D eigenvalue weighted by Crippen LogP contribution is 2.55. The highest BCUT2D eigenvalue weighted by Gasteiger charge is 2.51.